The average Bonchev–Trinajstić information content (AvgIpc) is 2.08. The van der Waals surface area contributed by atoms with Gasteiger partial charge in [-0.1, -0.05) is 40.5 Å². The first-order valence-corrected chi connectivity index (χ1v) is 10.4. The van der Waals surface area contributed by atoms with Gasteiger partial charge in [0.2, 0.25) is 0 Å². The third-order valence-electron chi connectivity index (χ3n) is 3.54. The van der Waals surface area contributed by atoms with E-state index in [9.17, 15) is 0 Å². The molecule has 1 fully saturated rings. The minimum atomic E-state index is 0.338. The highest BCUT2D eigenvalue weighted by Crippen LogP contribution is 2.71. The Morgan fingerprint density at radius 3 is 0.917 bits per heavy atom. The Labute approximate surface area is 82.3 Å². The zero-order valence-electron chi connectivity index (χ0n) is 9.07. The van der Waals surface area contributed by atoms with Crippen molar-refractivity contribution in [3.63, 3.8) is 0 Å². The maximum atomic E-state index is 2.52. The standard InChI is InChI=1S/C6H18B3P3/c1-7-10(4)8(2)12(6)9(3)11(7)5/h1-6H3. The van der Waals surface area contributed by atoms with Crippen LogP contribution in [0.4, 0.5) is 0 Å². The molecule has 0 aromatic carbocycles. The van der Waals surface area contributed by atoms with Gasteiger partial charge in [0.05, 0.1) is 0 Å². The van der Waals surface area contributed by atoms with Crippen LogP contribution in [0.2, 0.25) is 20.5 Å². The molecule has 0 aromatic heterocycles. The third-order valence-corrected chi connectivity index (χ3v) is 17.2. The van der Waals surface area contributed by atoms with Gasteiger partial charge in [-0.25, -0.2) is 0 Å². The zero-order chi connectivity index (χ0) is 9.46. The molecule has 0 bridgehead atoms. The highest BCUT2D eigenvalue weighted by atomic mass is 31.2. The molecule has 0 spiro atoms. The Morgan fingerprint density at radius 2 is 0.750 bits per heavy atom. The van der Waals surface area contributed by atoms with Crippen LogP contribution in [0.25, 0.3) is 0 Å². The molecule has 12 heavy (non-hydrogen) atoms. The first-order chi connectivity index (χ1) is 5.46. The average molecular weight is 216 g/mol. The molecule has 0 radical (unpaired) electrons. The van der Waals surface area contributed by atoms with Crippen LogP contribution in [0.1, 0.15) is 0 Å². The molecular formula is C6H18B3P3. The monoisotopic (exact) mass is 216 g/mol. The number of hydrogen-bond acceptors (Lipinski definition) is 0. The van der Waals surface area contributed by atoms with Crippen molar-refractivity contribution in [1.29, 1.82) is 0 Å². The fraction of sp³-hybridized carbons (Fsp3) is 1.00. The maximum absolute atomic E-state index is 2.52. The molecule has 0 nitrogen and oxygen atoms in total. The van der Waals surface area contributed by atoms with Crippen molar-refractivity contribution in [3.05, 3.63) is 0 Å². The summed E-state index contributed by atoms with van der Waals surface area (Å²) in [6.45, 7) is 15.0. The van der Waals surface area contributed by atoms with Crippen LogP contribution < -0.4 is 0 Å². The Bertz CT molecular complexity index is 110. The first-order valence-electron chi connectivity index (χ1n) is 4.62. The van der Waals surface area contributed by atoms with Gasteiger partial charge in [0.25, 0.3) is 0 Å². The Hall–Kier alpha value is 1.48. The molecule has 1 aliphatic rings. The third kappa shape index (κ3) is 1.94. The van der Waals surface area contributed by atoms with E-state index >= 15 is 0 Å². The van der Waals surface area contributed by atoms with E-state index in [0.29, 0.717) is 23.0 Å². The lowest BCUT2D eigenvalue weighted by atomic mass is 10.1. The van der Waals surface area contributed by atoms with Gasteiger partial charge in [-0.3, -0.25) is 0 Å². The summed E-state index contributed by atoms with van der Waals surface area (Å²) in [5.41, 5.74) is 0. The lowest BCUT2D eigenvalue weighted by molar-refractivity contribution is 2.22. The molecule has 0 saturated carbocycles. The van der Waals surface area contributed by atoms with Crippen LogP contribution in [0.15, 0.2) is 0 Å². The van der Waals surface area contributed by atoms with E-state index in [1.807, 2.05) is 0 Å². The minimum Gasteiger partial charge on any atom is -0.167 e. The van der Waals surface area contributed by atoms with Crippen molar-refractivity contribution in [2.45, 2.75) is 20.5 Å². The predicted molar refractivity (Wildman–Crippen MR) is 73.4 cm³/mol. The summed E-state index contributed by atoms with van der Waals surface area (Å²) >= 11 is 0. The molecule has 0 aliphatic carbocycles. The summed E-state index contributed by atoms with van der Waals surface area (Å²) in [6, 6.07) is 0. The SMILES string of the molecule is CB1P(C)B(C)P(C)B(C)P1C. The maximum Gasteiger partial charge on any atom is 0.179 e. The van der Waals surface area contributed by atoms with Crippen molar-refractivity contribution >= 4 is 41.5 Å². The van der Waals surface area contributed by atoms with Gasteiger partial charge in [-0.05, 0) is 0 Å². The molecule has 0 N–H and O–H groups in total. The van der Waals surface area contributed by atoms with E-state index in [-0.39, 0.29) is 0 Å². The Balaban J connectivity index is 2.76. The second-order valence-electron chi connectivity index (χ2n) is 3.89. The van der Waals surface area contributed by atoms with Gasteiger partial charge in [-0.15, -0.1) is 0 Å². The summed E-state index contributed by atoms with van der Waals surface area (Å²) in [6.07, 6.45) is 3.16. The van der Waals surface area contributed by atoms with Gasteiger partial charge in [0.1, 0.15) is 0 Å². The minimum absolute atomic E-state index is 0.338. The van der Waals surface area contributed by atoms with Gasteiger partial charge in [0, 0.05) is 0 Å². The van der Waals surface area contributed by atoms with E-state index in [1.54, 1.807) is 0 Å². The fourth-order valence-electron chi connectivity index (χ4n) is 1.80. The quantitative estimate of drug-likeness (QED) is 0.427. The molecule has 1 rings (SSSR count). The van der Waals surface area contributed by atoms with E-state index in [4.69, 9.17) is 0 Å². The topological polar surface area (TPSA) is 0 Å². The Morgan fingerprint density at radius 1 is 0.583 bits per heavy atom. The fourth-order valence-corrected chi connectivity index (χ4v) is 15.1. The van der Waals surface area contributed by atoms with Gasteiger partial charge in [-0.2, -0.15) is 23.0 Å². The van der Waals surface area contributed by atoms with E-state index in [2.05, 4.69) is 40.5 Å². The van der Waals surface area contributed by atoms with E-state index in [1.165, 1.54) is 0 Å². The Kier molecular flexibility index (Phi) is 4.18. The van der Waals surface area contributed by atoms with Gasteiger partial charge in [0.15, 0.2) is 18.5 Å². The highest BCUT2D eigenvalue weighted by Gasteiger charge is 2.42. The summed E-state index contributed by atoms with van der Waals surface area (Å²) in [5, 5.41) is 0. The smallest absolute Gasteiger partial charge is 0.167 e. The predicted octanol–water partition coefficient (Wildman–Crippen LogP) is 3.69. The highest BCUT2D eigenvalue weighted by molar-refractivity contribution is 8.60. The second kappa shape index (κ2) is 4.34. The van der Waals surface area contributed by atoms with Crippen LogP contribution in [-0.2, 0) is 0 Å². The molecule has 66 valence electrons. The van der Waals surface area contributed by atoms with Crippen molar-refractivity contribution in [2.75, 3.05) is 20.0 Å². The molecule has 0 atom stereocenters. The molecule has 1 heterocycles. The molecule has 0 unspecified atom stereocenters. The molecule has 0 amide bonds. The summed E-state index contributed by atoms with van der Waals surface area (Å²) in [5.74, 6) is 0. The van der Waals surface area contributed by atoms with Crippen LogP contribution in [0.3, 0.4) is 0 Å². The molecule has 0 aromatic rings. The van der Waals surface area contributed by atoms with Crippen molar-refractivity contribution in [2.24, 2.45) is 0 Å². The lowest BCUT2D eigenvalue weighted by Crippen LogP contribution is -2.28. The largest absolute Gasteiger partial charge is 0.179 e. The molecule has 1 saturated heterocycles. The van der Waals surface area contributed by atoms with Crippen molar-refractivity contribution < 1.29 is 0 Å². The van der Waals surface area contributed by atoms with Crippen LogP contribution in [0, 0.1) is 0 Å². The zero-order valence-corrected chi connectivity index (χ0v) is 11.8. The second-order valence-corrected chi connectivity index (χ2v) is 13.8. The van der Waals surface area contributed by atoms with Crippen molar-refractivity contribution in [1.82, 2.24) is 0 Å². The number of hydrogen-bond donors (Lipinski definition) is 0. The molecular weight excluding hydrogens is 197 g/mol. The van der Waals surface area contributed by atoms with E-state index in [0.717, 1.165) is 18.5 Å². The summed E-state index contributed by atoms with van der Waals surface area (Å²) in [7, 11) is 1.01. The van der Waals surface area contributed by atoms with Crippen LogP contribution >= 0.6 is 23.0 Å². The summed E-state index contributed by atoms with van der Waals surface area (Å²) < 4.78 is 0. The van der Waals surface area contributed by atoms with Gasteiger partial charge < -0.3 is 0 Å². The first kappa shape index (κ1) is 11.6. The summed E-state index contributed by atoms with van der Waals surface area (Å²) in [4.78, 5) is 0. The number of rotatable bonds is 0. The van der Waals surface area contributed by atoms with Crippen molar-refractivity contribution in [3.8, 4) is 0 Å². The molecule has 6 heteroatoms. The lowest BCUT2D eigenvalue weighted by Gasteiger charge is -2.42. The van der Waals surface area contributed by atoms with Crippen LogP contribution in [0.5, 0.6) is 0 Å². The normalized spacial score (nSPS) is 37.5. The van der Waals surface area contributed by atoms with Crippen LogP contribution in [-0.4, -0.2) is 38.4 Å². The van der Waals surface area contributed by atoms with Gasteiger partial charge >= 0.3 is 0 Å². The van der Waals surface area contributed by atoms with E-state index < -0.39 is 0 Å². The molecule has 1 aliphatic heterocycles.